The quantitative estimate of drug-likeness (QED) is 0.0215. The van der Waals surface area contributed by atoms with Gasteiger partial charge in [-0.15, -0.1) is 0 Å². The highest BCUT2D eigenvalue weighted by atomic mass is 31.2. The van der Waals surface area contributed by atoms with Crippen molar-refractivity contribution in [3.63, 3.8) is 0 Å². The molecule has 0 rings (SSSR count). The summed E-state index contributed by atoms with van der Waals surface area (Å²) in [5.41, 5.74) is 0. The van der Waals surface area contributed by atoms with Crippen molar-refractivity contribution in [1.82, 2.24) is 0 Å². The van der Waals surface area contributed by atoms with Gasteiger partial charge >= 0.3 is 11.9 Å². The second kappa shape index (κ2) is 31.5. The van der Waals surface area contributed by atoms with Crippen LogP contribution in [0.2, 0.25) is 0 Å². The number of phosphoric ester groups is 1. The van der Waals surface area contributed by atoms with Gasteiger partial charge in [0.1, 0.15) is 19.8 Å². The molecular formula is C38H72NO8P. The lowest BCUT2D eigenvalue weighted by molar-refractivity contribution is -0.870. The molecule has 0 aromatic heterocycles. The number of esters is 2. The van der Waals surface area contributed by atoms with E-state index >= 15 is 0 Å². The van der Waals surface area contributed by atoms with Crippen molar-refractivity contribution in [2.75, 3.05) is 47.5 Å². The van der Waals surface area contributed by atoms with E-state index in [0.29, 0.717) is 17.4 Å². The van der Waals surface area contributed by atoms with Crippen LogP contribution in [-0.2, 0) is 32.7 Å². The largest absolute Gasteiger partial charge is 0.756 e. The number of carbonyl (C=O) groups is 2. The molecule has 0 saturated heterocycles. The first-order valence-corrected chi connectivity index (χ1v) is 20.5. The number of allylic oxidation sites excluding steroid dienone is 4. The Morgan fingerprint density at radius 3 is 1.54 bits per heavy atom. The lowest BCUT2D eigenvalue weighted by Crippen LogP contribution is -2.37. The van der Waals surface area contributed by atoms with Crippen molar-refractivity contribution < 1.29 is 42.1 Å². The minimum absolute atomic E-state index is 0.0330. The third-order valence-corrected chi connectivity index (χ3v) is 8.91. The lowest BCUT2D eigenvalue weighted by Gasteiger charge is -2.28. The van der Waals surface area contributed by atoms with Gasteiger partial charge in [0, 0.05) is 12.8 Å². The number of quaternary nitrogens is 1. The highest BCUT2D eigenvalue weighted by Crippen LogP contribution is 2.38. The molecule has 0 amide bonds. The zero-order valence-corrected chi connectivity index (χ0v) is 32.3. The first kappa shape index (κ1) is 46.5. The number of hydrogen-bond acceptors (Lipinski definition) is 8. The molecule has 0 aliphatic rings. The molecule has 0 spiro atoms. The van der Waals surface area contributed by atoms with Gasteiger partial charge in [-0.05, 0) is 64.2 Å². The normalized spacial score (nSPS) is 14.0. The monoisotopic (exact) mass is 701 g/mol. The average molecular weight is 702 g/mol. The topological polar surface area (TPSA) is 111 Å². The molecule has 0 aromatic carbocycles. The molecule has 2 atom stereocenters. The molecule has 0 heterocycles. The minimum atomic E-state index is -4.62. The fourth-order valence-corrected chi connectivity index (χ4v) is 5.61. The molecule has 0 aromatic rings. The Labute approximate surface area is 294 Å². The first-order valence-electron chi connectivity index (χ1n) is 19.0. The van der Waals surface area contributed by atoms with Gasteiger partial charge in [0.2, 0.25) is 0 Å². The Morgan fingerprint density at radius 1 is 0.625 bits per heavy atom. The molecule has 1 unspecified atom stereocenters. The van der Waals surface area contributed by atoms with Gasteiger partial charge < -0.3 is 27.9 Å². The molecule has 0 saturated carbocycles. The van der Waals surface area contributed by atoms with Crippen LogP contribution in [0.3, 0.4) is 0 Å². The molecule has 0 radical (unpaired) electrons. The van der Waals surface area contributed by atoms with Crippen molar-refractivity contribution in [3.05, 3.63) is 24.3 Å². The minimum Gasteiger partial charge on any atom is -0.756 e. The smallest absolute Gasteiger partial charge is 0.306 e. The fraction of sp³-hybridized carbons (Fsp3) is 0.842. The summed E-state index contributed by atoms with van der Waals surface area (Å²) in [6, 6.07) is 0. The number of carbonyl (C=O) groups excluding carboxylic acids is 2. The fourth-order valence-electron chi connectivity index (χ4n) is 4.88. The third-order valence-electron chi connectivity index (χ3n) is 7.94. The maximum Gasteiger partial charge on any atom is 0.306 e. The summed E-state index contributed by atoms with van der Waals surface area (Å²) >= 11 is 0. The first-order chi connectivity index (χ1) is 23.0. The van der Waals surface area contributed by atoms with Crippen molar-refractivity contribution in [2.24, 2.45) is 0 Å². The number of rotatable bonds is 34. The number of unbranched alkanes of at least 4 members (excludes halogenated alkanes) is 16. The van der Waals surface area contributed by atoms with E-state index in [1.807, 2.05) is 21.1 Å². The van der Waals surface area contributed by atoms with E-state index in [1.165, 1.54) is 44.9 Å². The molecule has 48 heavy (non-hydrogen) atoms. The molecule has 9 nitrogen and oxygen atoms in total. The van der Waals surface area contributed by atoms with E-state index in [2.05, 4.69) is 38.2 Å². The molecule has 0 aliphatic heterocycles. The summed E-state index contributed by atoms with van der Waals surface area (Å²) in [5.74, 6) is -0.858. The van der Waals surface area contributed by atoms with Gasteiger partial charge in [-0.1, -0.05) is 102 Å². The second-order valence-electron chi connectivity index (χ2n) is 13.9. The molecule has 282 valence electrons. The van der Waals surface area contributed by atoms with E-state index in [4.69, 9.17) is 18.5 Å². The number of likely N-dealkylation sites (N-methyl/N-ethyl adjacent to an activating group) is 1. The van der Waals surface area contributed by atoms with Crippen LogP contribution in [-0.4, -0.2) is 70.0 Å². The van der Waals surface area contributed by atoms with E-state index in [1.54, 1.807) is 0 Å². The van der Waals surface area contributed by atoms with E-state index in [-0.39, 0.29) is 26.1 Å². The van der Waals surface area contributed by atoms with Crippen molar-refractivity contribution in [1.29, 1.82) is 0 Å². The van der Waals surface area contributed by atoms with Crippen LogP contribution >= 0.6 is 7.82 Å². The molecule has 10 heteroatoms. The maximum atomic E-state index is 12.6. The van der Waals surface area contributed by atoms with Crippen molar-refractivity contribution in [3.8, 4) is 0 Å². The van der Waals surface area contributed by atoms with Gasteiger partial charge in [0.05, 0.1) is 27.7 Å². The Balaban J connectivity index is 4.47. The van der Waals surface area contributed by atoms with Crippen LogP contribution in [0.4, 0.5) is 0 Å². The van der Waals surface area contributed by atoms with Crippen LogP contribution < -0.4 is 4.89 Å². The maximum absolute atomic E-state index is 12.6. The van der Waals surface area contributed by atoms with Gasteiger partial charge in [0.15, 0.2) is 6.10 Å². The van der Waals surface area contributed by atoms with Gasteiger partial charge in [-0.2, -0.15) is 0 Å². The van der Waals surface area contributed by atoms with E-state index in [9.17, 15) is 19.0 Å². The van der Waals surface area contributed by atoms with Crippen LogP contribution in [0.5, 0.6) is 0 Å². The average Bonchev–Trinajstić information content (AvgIpc) is 3.02. The number of nitrogens with zero attached hydrogens (tertiary/aromatic N) is 1. The Kier molecular flexibility index (Phi) is 30.5. The Hall–Kier alpha value is -1.51. The molecular weight excluding hydrogens is 629 g/mol. The van der Waals surface area contributed by atoms with Crippen LogP contribution in [0, 0.1) is 0 Å². The predicted octanol–water partition coefficient (Wildman–Crippen LogP) is 9.38. The van der Waals surface area contributed by atoms with Gasteiger partial charge in [0.25, 0.3) is 7.82 Å². The summed E-state index contributed by atoms with van der Waals surface area (Å²) in [6.07, 6.45) is 30.6. The molecule has 0 bridgehead atoms. The van der Waals surface area contributed by atoms with Crippen molar-refractivity contribution in [2.45, 2.75) is 161 Å². The number of phosphoric acid groups is 1. The van der Waals surface area contributed by atoms with Crippen LogP contribution in [0.15, 0.2) is 24.3 Å². The lowest BCUT2D eigenvalue weighted by atomic mass is 10.1. The third kappa shape index (κ3) is 34.4. The second-order valence-corrected chi connectivity index (χ2v) is 15.3. The van der Waals surface area contributed by atoms with Crippen molar-refractivity contribution >= 4 is 19.8 Å². The predicted molar refractivity (Wildman–Crippen MR) is 194 cm³/mol. The summed E-state index contributed by atoms with van der Waals surface area (Å²) in [6.45, 7) is 4.13. The molecule has 0 N–H and O–H groups in total. The molecule has 0 fully saturated rings. The van der Waals surface area contributed by atoms with Crippen LogP contribution in [0.1, 0.15) is 155 Å². The molecule has 0 aliphatic carbocycles. The Bertz CT molecular complexity index is 886. The van der Waals surface area contributed by atoms with E-state index < -0.39 is 32.5 Å². The van der Waals surface area contributed by atoms with Gasteiger partial charge in [-0.25, -0.2) is 0 Å². The standard InChI is InChI=1S/C38H72NO8P/c1-6-8-10-12-14-16-18-20-22-24-26-28-30-37(40)44-34-36(35-46-48(42,43)45-33-32-39(3,4)5)47-38(41)31-29-27-25-23-21-19-17-15-13-11-9-7-2/h14-17,36H,6-13,18-35H2,1-5H3/b16-14+,17-15+/t36-/m1/s1. The summed E-state index contributed by atoms with van der Waals surface area (Å²) in [7, 11) is 1.15. The highest BCUT2D eigenvalue weighted by Gasteiger charge is 2.21. The van der Waals surface area contributed by atoms with Gasteiger partial charge in [-0.3, -0.25) is 14.2 Å². The Morgan fingerprint density at radius 2 is 1.06 bits per heavy atom. The van der Waals surface area contributed by atoms with E-state index in [0.717, 1.165) is 77.0 Å². The highest BCUT2D eigenvalue weighted by molar-refractivity contribution is 7.45. The SMILES string of the molecule is CCCCC/C=C/CCCCCCCC(=O)OC[C@H](COP(=O)([O-])OCC[N+](C)(C)C)OC(=O)CCCCCCC/C=C/CCCCC. The number of ether oxygens (including phenoxy) is 2. The summed E-state index contributed by atoms with van der Waals surface area (Å²) in [4.78, 5) is 37.3. The van der Waals surface area contributed by atoms with Crippen LogP contribution in [0.25, 0.3) is 0 Å². The zero-order chi connectivity index (χ0) is 35.8. The zero-order valence-electron chi connectivity index (χ0n) is 31.4. The number of hydrogen-bond donors (Lipinski definition) is 0. The summed E-state index contributed by atoms with van der Waals surface area (Å²) < 4.78 is 33.7. The summed E-state index contributed by atoms with van der Waals surface area (Å²) in [5, 5.41) is 0.